The van der Waals surface area contributed by atoms with Gasteiger partial charge in [-0.1, -0.05) is 26.2 Å². The van der Waals surface area contributed by atoms with Gasteiger partial charge in [-0.25, -0.2) is 0 Å². The molecule has 0 aromatic heterocycles. The number of hydroxylamine groups is 1. The van der Waals surface area contributed by atoms with E-state index in [1.807, 2.05) is 0 Å². The average Bonchev–Trinajstić information content (AvgIpc) is 2.64. The molecule has 3 nitrogen and oxygen atoms in total. The van der Waals surface area contributed by atoms with E-state index in [1.165, 1.54) is 25.7 Å². The van der Waals surface area contributed by atoms with Gasteiger partial charge in [0, 0.05) is 12.5 Å². The van der Waals surface area contributed by atoms with Gasteiger partial charge >= 0.3 is 0 Å². The summed E-state index contributed by atoms with van der Waals surface area (Å²) < 4.78 is 0. The second-order valence-electron chi connectivity index (χ2n) is 3.73. The van der Waals surface area contributed by atoms with E-state index in [4.69, 9.17) is 10.2 Å². The molecule has 0 spiro atoms. The van der Waals surface area contributed by atoms with Gasteiger partial charge in [-0.15, -0.1) is 0 Å². The predicted octanol–water partition coefficient (Wildman–Crippen LogP) is 2.62. The van der Waals surface area contributed by atoms with Crippen LogP contribution in [0.5, 0.6) is 0 Å². The number of hydrogen-bond acceptors (Lipinski definition) is 3. The highest BCUT2D eigenvalue weighted by molar-refractivity contribution is 5.72. The summed E-state index contributed by atoms with van der Waals surface area (Å²) in [7, 11) is 0. The first-order chi connectivity index (χ1) is 6.33. The lowest BCUT2D eigenvalue weighted by Gasteiger charge is -2.12. The fourth-order valence-electron chi connectivity index (χ4n) is 1.59. The van der Waals surface area contributed by atoms with Crippen LogP contribution in [0.3, 0.4) is 0 Å². The van der Waals surface area contributed by atoms with E-state index >= 15 is 0 Å². The van der Waals surface area contributed by atoms with E-state index in [1.54, 1.807) is 0 Å². The van der Waals surface area contributed by atoms with Crippen LogP contribution in [0, 0.1) is 5.41 Å². The third-order valence-corrected chi connectivity index (χ3v) is 2.46. The Kier molecular flexibility index (Phi) is 4.83. The third-order valence-electron chi connectivity index (χ3n) is 2.46. The SMILES string of the molecule is CCCCC(=N)ONC1CCCC1. The molecule has 0 aromatic rings. The van der Waals surface area contributed by atoms with E-state index in [-0.39, 0.29) is 0 Å². The fraction of sp³-hybridized carbons (Fsp3) is 0.900. The van der Waals surface area contributed by atoms with E-state index in [9.17, 15) is 0 Å². The van der Waals surface area contributed by atoms with Gasteiger partial charge in [0.15, 0.2) is 0 Å². The summed E-state index contributed by atoms with van der Waals surface area (Å²) in [4.78, 5) is 5.16. The van der Waals surface area contributed by atoms with Gasteiger partial charge in [0.05, 0.1) is 0 Å². The Labute approximate surface area is 80.3 Å². The first-order valence-corrected chi connectivity index (χ1v) is 5.32. The maximum Gasteiger partial charge on any atom is 0.206 e. The highest BCUT2D eigenvalue weighted by Crippen LogP contribution is 2.17. The van der Waals surface area contributed by atoms with Crippen LogP contribution in [0.15, 0.2) is 0 Å². The van der Waals surface area contributed by atoms with Crippen LogP contribution in [-0.4, -0.2) is 11.9 Å². The molecule has 0 saturated heterocycles. The van der Waals surface area contributed by atoms with Gasteiger partial charge in [-0.3, -0.25) is 5.41 Å². The highest BCUT2D eigenvalue weighted by Gasteiger charge is 2.15. The molecule has 76 valence electrons. The van der Waals surface area contributed by atoms with E-state index in [2.05, 4.69) is 12.4 Å². The minimum atomic E-state index is 0.383. The molecule has 1 aliphatic rings. The maximum atomic E-state index is 7.47. The third kappa shape index (κ3) is 4.27. The molecule has 0 atom stereocenters. The number of unbranched alkanes of at least 4 members (excludes halogenated alkanes) is 1. The van der Waals surface area contributed by atoms with Crippen molar-refractivity contribution in [3.05, 3.63) is 0 Å². The van der Waals surface area contributed by atoms with Gasteiger partial charge in [0.1, 0.15) is 0 Å². The Hall–Kier alpha value is -0.570. The second kappa shape index (κ2) is 5.97. The number of hydrogen-bond donors (Lipinski definition) is 2. The Morgan fingerprint density at radius 1 is 1.46 bits per heavy atom. The van der Waals surface area contributed by atoms with Crippen LogP contribution < -0.4 is 5.48 Å². The van der Waals surface area contributed by atoms with Crippen LogP contribution in [0.4, 0.5) is 0 Å². The summed E-state index contributed by atoms with van der Waals surface area (Å²) in [5.41, 5.74) is 2.97. The Balaban J connectivity index is 2.00. The molecule has 0 amide bonds. The zero-order valence-corrected chi connectivity index (χ0v) is 8.44. The molecule has 3 heteroatoms. The van der Waals surface area contributed by atoms with Crippen molar-refractivity contribution in [3.8, 4) is 0 Å². The molecule has 1 aliphatic carbocycles. The van der Waals surface area contributed by atoms with Gasteiger partial charge in [-0.05, 0) is 19.3 Å². The molecule has 13 heavy (non-hydrogen) atoms. The van der Waals surface area contributed by atoms with Gasteiger partial charge in [0.2, 0.25) is 5.90 Å². The quantitative estimate of drug-likeness (QED) is 0.392. The molecule has 1 rings (SSSR count). The Morgan fingerprint density at radius 2 is 2.15 bits per heavy atom. The van der Waals surface area contributed by atoms with E-state index in [0.29, 0.717) is 11.9 Å². The van der Waals surface area contributed by atoms with Crippen LogP contribution in [0.2, 0.25) is 0 Å². The zero-order chi connectivity index (χ0) is 9.52. The standard InChI is InChI=1S/C10H20N2O/c1-2-3-8-10(11)13-12-9-6-4-5-7-9/h9,11-12H,2-8H2,1H3. The van der Waals surface area contributed by atoms with Gasteiger partial charge < -0.3 is 4.84 Å². The maximum absolute atomic E-state index is 7.47. The van der Waals surface area contributed by atoms with Crippen molar-refractivity contribution < 1.29 is 4.84 Å². The second-order valence-corrected chi connectivity index (χ2v) is 3.73. The molecule has 0 heterocycles. The lowest BCUT2D eigenvalue weighted by molar-refractivity contribution is 0.135. The van der Waals surface area contributed by atoms with Crippen molar-refractivity contribution >= 4 is 5.90 Å². The van der Waals surface area contributed by atoms with Gasteiger partial charge in [0.25, 0.3) is 0 Å². The zero-order valence-electron chi connectivity index (χ0n) is 8.44. The average molecular weight is 184 g/mol. The minimum absolute atomic E-state index is 0.383. The Bertz CT molecular complexity index is 153. The fourth-order valence-corrected chi connectivity index (χ4v) is 1.59. The van der Waals surface area contributed by atoms with E-state index < -0.39 is 0 Å². The van der Waals surface area contributed by atoms with Crippen molar-refractivity contribution in [2.75, 3.05) is 0 Å². The normalized spacial score (nSPS) is 17.6. The molecular weight excluding hydrogens is 164 g/mol. The molecule has 0 bridgehead atoms. The largest absolute Gasteiger partial charge is 0.393 e. The molecule has 0 unspecified atom stereocenters. The van der Waals surface area contributed by atoms with Crippen LogP contribution in [0.1, 0.15) is 51.9 Å². The number of nitrogens with one attached hydrogen (secondary N) is 2. The molecule has 0 aliphatic heterocycles. The molecule has 0 aromatic carbocycles. The molecule has 1 fully saturated rings. The van der Waals surface area contributed by atoms with Crippen LogP contribution in [-0.2, 0) is 4.84 Å². The van der Waals surface area contributed by atoms with Crippen LogP contribution in [0.25, 0.3) is 0 Å². The summed E-state index contributed by atoms with van der Waals surface area (Å²) in [5.74, 6) is 0.383. The Morgan fingerprint density at radius 3 is 2.77 bits per heavy atom. The molecule has 1 saturated carbocycles. The number of rotatable bonds is 5. The van der Waals surface area contributed by atoms with Crippen molar-refractivity contribution in [1.29, 1.82) is 5.41 Å². The van der Waals surface area contributed by atoms with E-state index in [0.717, 1.165) is 19.3 Å². The van der Waals surface area contributed by atoms with Crippen molar-refractivity contribution in [2.24, 2.45) is 0 Å². The summed E-state index contributed by atoms with van der Waals surface area (Å²) in [6.07, 6.45) is 7.91. The van der Waals surface area contributed by atoms with Crippen molar-refractivity contribution in [1.82, 2.24) is 5.48 Å². The first-order valence-electron chi connectivity index (χ1n) is 5.32. The lowest BCUT2D eigenvalue weighted by Crippen LogP contribution is -2.28. The van der Waals surface area contributed by atoms with Crippen LogP contribution >= 0.6 is 0 Å². The lowest BCUT2D eigenvalue weighted by atomic mass is 10.2. The van der Waals surface area contributed by atoms with Crippen molar-refractivity contribution in [3.63, 3.8) is 0 Å². The summed E-state index contributed by atoms with van der Waals surface area (Å²) in [5, 5.41) is 7.47. The smallest absolute Gasteiger partial charge is 0.206 e. The predicted molar refractivity (Wildman–Crippen MR) is 53.7 cm³/mol. The first kappa shape index (κ1) is 10.5. The summed E-state index contributed by atoms with van der Waals surface area (Å²) >= 11 is 0. The molecule has 0 radical (unpaired) electrons. The minimum Gasteiger partial charge on any atom is -0.393 e. The van der Waals surface area contributed by atoms with Gasteiger partial charge in [-0.2, -0.15) is 5.48 Å². The highest BCUT2D eigenvalue weighted by atomic mass is 16.7. The summed E-state index contributed by atoms with van der Waals surface area (Å²) in [6, 6.07) is 0.488. The monoisotopic (exact) mass is 184 g/mol. The van der Waals surface area contributed by atoms with Crippen molar-refractivity contribution in [2.45, 2.75) is 57.9 Å². The molecular formula is C10H20N2O. The summed E-state index contributed by atoms with van der Waals surface area (Å²) in [6.45, 7) is 2.12. The topological polar surface area (TPSA) is 45.1 Å². The molecule has 2 N–H and O–H groups in total.